The Bertz CT molecular complexity index is 1070. The third-order valence-electron chi connectivity index (χ3n) is 4.12. The van der Waals surface area contributed by atoms with Gasteiger partial charge in [-0.15, -0.1) is 0 Å². The van der Waals surface area contributed by atoms with Gasteiger partial charge in [0.15, 0.2) is 5.11 Å². The lowest BCUT2D eigenvalue weighted by Crippen LogP contribution is -2.34. The Morgan fingerprint density at radius 3 is 2.35 bits per heavy atom. The van der Waals surface area contributed by atoms with E-state index in [4.69, 9.17) is 27.4 Å². The maximum atomic E-state index is 12.7. The molecule has 0 saturated heterocycles. The van der Waals surface area contributed by atoms with Gasteiger partial charge in [0.2, 0.25) is 5.91 Å². The van der Waals surface area contributed by atoms with Crippen LogP contribution >= 0.6 is 12.2 Å². The van der Waals surface area contributed by atoms with Gasteiger partial charge in [-0.05, 0) is 54.7 Å². The number of nitrogens with two attached hydrogens (primary N) is 1. The molecule has 158 valence electrons. The van der Waals surface area contributed by atoms with Gasteiger partial charge in [0.05, 0.1) is 5.56 Å². The van der Waals surface area contributed by atoms with Crippen molar-refractivity contribution in [3.05, 3.63) is 90.0 Å². The van der Waals surface area contributed by atoms with E-state index in [0.717, 1.165) is 5.75 Å². The number of para-hydroxylation sites is 2. The molecule has 3 aromatic carbocycles. The predicted molar refractivity (Wildman–Crippen MR) is 123 cm³/mol. The molecule has 0 saturated carbocycles. The van der Waals surface area contributed by atoms with Crippen LogP contribution in [0.15, 0.2) is 78.9 Å². The maximum Gasteiger partial charge on any atom is 0.261 e. The van der Waals surface area contributed by atoms with Crippen LogP contribution in [0, 0.1) is 0 Å². The predicted octanol–water partition coefficient (Wildman–Crippen LogP) is 3.37. The lowest BCUT2D eigenvalue weighted by Gasteiger charge is -2.13. The minimum atomic E-state index is -0.555. The van der Waals surface area contributed by atoms with E-state index in [-0.39, 0.29) is 11.7 Å². The van der Waals surface area contributed by atoms with Crippen molar-refractivity contribution in [1.82, 2.24) is 5.32 Å². The van der Waals surface area contributed by atoms with Gasteiger partial charge in [0, 0.05) is 11.3 Å². The first-order chi connectivity index (χ1) is 15.0. The highest BCUT2D eigenvalue weighted by atomic mass is 32.1. The summed E-state index contributed by atoms with van der Waals surface area (Å²) in [6.07, 6.45) is 0. The second-order valence-corrected chi connectivity index (χ2v) is 6.77. The summed E-state index contributed by atoms with van der Waals surface area (Å²) >= 11 is 5.20. The van der Waals surface area contributed by atoms with Crippen LogP contribution in [0.4, 0.5) is 5.69 Å². The van der Waals surface area contributed by atoms with E-state index in [2.05, 4.69) is 10.6 Å². The summed E-state index contributed by atoms with van der Waals surface area (Å²) in [4.78, 5) is 24.0. The molecule has 2 amide bonds. The van der Waals surface area contributed by atoms with Crippen molar-refractivity contribution in [2.45, 2.75) is 0 Å². The quantitative estimate of drug-likeness (QED) is 0.370. The van der Waals surface area contributed by atoms with Crippen LogP contribution in [0.1, 0.15) is 20.7 Å². The molecule has 7 nitrogen and oxygen atoms in total. The van der Waals surface area contributed by atoms with Crippen LogP contribution in [-0.4, -0.2) is 30.1 Å². The average molecular weight is 436 g/mol. The number of benzene rings is 3. The Kier molecular flexibility index (Phi) is 7.56. The Morgan fingerprint density at radius 1 is 0.871 bits per heavy atom. The monoisotopic (exact) mass is 435 g/mol. The number of primary amides is 1. The number of ether oxygens (including phenoxy) is 2. The van der Waals surface area contributed by atoms with Crippen LogP contribution < -0.4 is 25.8 Å². The number of carbonyl (C=O) groups excluding carboxylic acids is 2. The first-order valence-electron chi connectivity index (χ1n) is 9.45. The highest BCUT2D eigenvalue weighted by Gasteiger charge is 2.14. The van der Waals surface area contributed by atoms with Crippen molar-refractivity contribution in [1.29, 1.82) is 0 Å². The molecule has 0 bridgehead atoms. The molecule has 0 fully saturated rings. The van der Waals surface area contributed by atoms with Gasteiger partial charge in [0.1, 0.15) is 24.7 Å². The minimum absolute atomic E-state index is 0.0776. The summed E-state index contributed by atoms with van der Waals surface area (Å²) in [5.41, 5.74) is 6.47. The number of hydrogen-bond acceptors (Lipinski definition) is 5. The minimum Gasteiger partial charge on any atom is -0.490 e. The molecule has 0 aliphatic heterocycles. The SMILES string of the molecule is NC(=O)c1cccc(NC(=S)NC(=O)c2ccccc2OCCOc2ccccc2)c1. The molecule has 0 aromatic heterocycles. The van der Waals surface area contributed by atoms with Crippen molar-refractivity contribution >= 4 is 34.8 Å². The van der Waals surface area contributed by atoms with Crippen molar-refractivity contribution in [3.63, 3.8) is 0 Å². The third kappa shape index (κ3) is 6.55. The van der Waals surface area contributed by atoms with Crippen LogP contribution in [0.3, 0.4) is 0 Å². The number of nitrogens with one attached hydrogen (secondary N) is 2. The zero-order valence-electron chi connectivity index (χ0n) is 16.5. The summed E-state index contributed by atoms with van der Waals surface area (Å²) in [5, 5.41) is 5.54. The summed E-state index contributed by atoms with van der Waals surface area (Å²) in [7, 11) is 0. The summed E-state index contributed by atoms with van der Waals surface area (Å²) in [5.74, 6) is 0.174. The molecule has 3 rings (SSSR count). The molecular weight excluding hydrogens is 414 g/mol. The topological polar surface area (TPSA) is 103 Å². The van der Waals surface area contributed by atoms with Crippen LogP contribution in [0.25, 0.3) is 0 Å². The van der Waals surface area contributed by atoms with Crippen molar-refractivity contribution in [2.24, 2.45) is 5.73 Å². The van der Waals surface area contributed by atoms with Gasteiger partial charge >= 0.3 is 0 Å². The standard InChI is InChI=1S/C23H21N3O4S/c24-21(27)16-7-6-8-17(15-16)25-23(31)26-22(28)19-11-4-5-12-20(19)30-14-13-29-18-9-2-1-3-10-18/h1-12,15H,13-14H2,(H2,24,27)(H2,25,26,28,31). The zero-order valence-corrected chi connectivity index (χ0v) is 17.4. The molecule has 31 heavy (non-hydrogen) atoms. The van der Waals surface area contributed by atoms with Crippen LogP contribution in [-0.2, 0) is 0 Å². The third-order valence-corrected chi connectivity index (χ3v) is 4.32. The smallest absolute Gasteiger partial charge is 0.261 e. The molecule has 3 aromatic rings. The van der Waals surface area contributed by atoms with Gasteiger partial charge in [-0.2, -0.15) is 0 Å². The van der Waals surface area contributed by atoms with E-state index in [9.17, 15) is 9.59 Å². The Hall–Kier alpha value is -3.91. The fourth-order valence-corrected chi connectivity index (χ4v) is 2.90. The molecule has 8 heteroatoms. The van der Waals surface area contributed by atoms with E-state index >= 15 is 0 Å². The number of anilines is 1. The molecular formula is C23H21N3O4S. The van der Waals surface area contributed by atoms with E-state index in [1.165, 1.54) is 0 Å². The Morgan fingerprint density at radius 2 is 1.58 bits per heavy atom. The number of rotatable bonds is 8. The summed E-state index contributed by atoms with van der Waals surface area (Å²) < 4.78 is 11.3. The molecule has 0 radical (unpaired) electrons. The number of thiocarbonyl (C=S) groups is 1. The van der Waals surface area contributed by atoms with Crippen LogP contribution in [0.2, 0.25) is 0 Å². The number of amides is 2. The molecule has 0 aliphatic carbocycles. The lowest BCUT2D eigenvalue weighted by atomic mass is 10.2. The summed E-state index contributed by atoms with van der Waals surface area (Å²) in [6.45, 7) is 0.595. The first kappa shape index (κ1) is 21.8. The molecule has 0 heterocycles. The van der Waals surface area contributed by atoms with Gasteiger partial charge < -0.3 is 20.5 Å². The second kappa shape index (κ2) is 10.7. The molecule has 0 spiro atoms. The van der Waals surface area contributed by atoms with Crippen LogP contribution in [0.5, 0.6) is 11.5 Å². The lowest BCUT2D eigenvalue weighted by molar-refractivity contribution is 0.0970. The average Bonchev–Trinajstić information content (AvgIpc) is 2.77. The maximum absolute atomic E-state index is 12.7. The van der Waals surface area contributed by atoms with E-state index < -0.39 is 11.8 Å². The van der Waals surface area contributed by atoms with Gasteiger partial charge in [0.25, 0.3) is 5.91 Å². The highest BCUT2D eigenvalue weighted by molar-refractivity contribution is 7.80. The Balaban J connectivity index is 1.55. The van der Waals surface area contributed by atoms with Crippen molar-refractivity contribution in [2.75, 3.05) is 18.5 Å². The molecule has 0 unspecified atom stereocenters. The largest absolute Gasteiger partial charge is 0.490 e. The molecule has 0 aliphatic rings. The van der Waals surface area contributed by atoms with E-state index in [1.807, 2.05) is 30.3 Å². The first-order valence-corrected chi connectivity index (χ1v) is 9.85. The van der Waals surface area contributed by atoms with Gasteiger partial charge in [-0.25, -0.2) is 0 Å². The normalized spacial score (nSPS) is 10.1. The molecule has 4 N–H and O–H groups in total. The Labute approximate surface area is 185 Å². The van der Waals surface area contributed by atoms with Crippen molar-refractivity contribution in [3.8, 4) is 11.5 Å². The van der Waals surface area contributed by atoms with E-state index in [0.29, 0.717) is 29.2 Å². The van der Waals surface area contributed by atoms with Gasteiger partial charge in [-0.1, -0.05) is 36.4 Å². The zero-order chi connectivity index (χ0) is 22.1. The van der Waals surface area contributed by atoms with E-state index in [1.54, 1.807) is 48.5 Å². The van der Waals surface area contributed by atoms with Gasteiger partial charge in [-0.3, -0.25) is 14.9 Å². The fraction of sp³-hybridized carbons (Fsp3) is 0.0870. The number of hydrogen-bond donors (Lipinski definition) is 3. The second-order valence-electron chi connectivity index (χ2n) is 6.36. The van der Waals surface area contributed by atoms with Crippen molar-refractivity contribution < 1.29 is 19.1 Å². The molecule has 0 atom stereocenters. The highest BCUT2D eigenvalue weighted by Crippen LogP contribution is 2.18. The fourth-order valence-electron chi connectivity index (χ4n) is 2.69. The number of carbonyl (C=O) groups is 2. The summed E-state index contributed by atoms with van der Waals surface area (Å²) in [6, 6.07) is 22.7.